The highest BCUT2D eigenvalue weighted by Gasteiger charge is 2.19. The van der Waals surface area contributed by atoms with E-state index in [1.807, 2.05) is 0 Å². The minimum absolute atomic E-state index is 0.316. The topological polar surface area (TPSA) is 101 Å². The maximum atomic E-state index is 11.5. The SMILES string of the molecule is C[C@H](OC(=O)c1ccccc1)C(=O)ON=[N+]=[N-]. The minimum Gasteiger partial charge on any atom is -0.447 e. The van der Waals surface area contributed by atoms with Crippen molar-refractivity contribution in [1.29, 1.82) is 0 Å². The molecule has 0 saturated carbocycles. The van der Waals surface area contributed by atoms with Crippen molar-refractivity contribution >= 4 is 11.9 Å². The van der Waals surface area contributed by atoms with E-state index in [0.29, 0.717) is 5.56 Å². The van der Waals surface area contributed by atoms with E-state index in [1.165, 1.54) is 6.92 Å². The Labute approximate surface area is 96.5 Å². The fraction of sp³-hybridized carbons (Fsp3) is 0.200. The van der Waals surface area contributed by atoms with Crippen LogP contribution in [0, 0.1) is 0 Å². The summed E-state index contributed by atoms with van der Waals surface area (Å²) in [7, 11) is 0. The van der Waals surface area contributed by atoms with E-state index < -0.39 is 18.0 Å². The normalized spacial score (nSPS) is 10.9. The molecule has 0 heterocycles. The summed E-state index contributed by atoms with van der Waals surface area (Å²) in [6.45, 7) is 1.32. The average molecular weight is 235 g/mol. The smallest absolute Gasteiger partial charge is 0.358 e. The van der Waals surface area contributed by atoms with Gasteiger partial charge in [-0.25, -0.2) is 9.59 Å². The summed E-state index contributed by atoms with van der Waals surface area (Å²) in [4.78, 5) is 28.9. The molecule has 17 heavy (non-hydrogen) atoms. The highest BCUT2D eigenvalue weighted by molar-refractivity contribution is 5.91. The second-order valence-electron chi connectivity index (χ2n) is 2.99. The lowest BCUT2D eigenvalue weighted by molar-refractivity contribution is -0.153. The van der Waals surface area contributed by atoms with Crippen LogP contribution < -0.4 is 0 Å². The van der Waals surface area contributed by atoms with Crippen LogP contribution in [0.3, 0.4) is 0 Å². The number of ether oxygens (including phenoxy) is 1. The first kappa shape index (κ1) is 12.5. The third kappa shape index (κ3) is 3.84. The Morgan fingerprint density at radius 2 is 2.00 bits per heavy atom. The number of azide groups is 1. The van der Waals surface area contributed by atoms with Crippen molar-refractivity contribution in [2.75, 3.05) is 0 Å². The number of benzene rings is 1. The lowest BCUT2D eigenvalue weighted by Gasteiger charge is -2.09. The summed E-state index contributed by atoms with van der Waals surface area (Å²) < 4.78 is 4.80. The van der Waals surface area contributed by atoms with Gasteiger partial charge in [-0.1, -0.05) is 18.2 Å². The first-order valence-corrected chi connectivity index (χ1v) is 4.66. The van der Waals surface area contributed by atoms with Crippen LogP contribution in [0.1, 0.15) is 17.3 Å². The van der Waals surface area contributed by atoms with Gasteiger partial charge in [-0.2, -0.15) is 0 Å². The molecule has 0 spiro atoms. The Bertz CT molecular complexity index is 454. The predicted molar refractivity (Wildman–Crippen MR) is 56.6 cm³/mol. The first-order chi connectivity index (χ1) is 8.15. The number of carbonyl (C=O) groups is 2. The van der Waals surface area contributed by atoms with Gasteiger partial charge in [0.2, 0.25) is 0 Å². The molecule has 0 saturated heterocycles. The third-order valence-electron chi connectivity index (χ3n) is 1.79. The zero-order chi connectivity index (χ0) is 12.7. The van der Waals surface area contributed by atoms with E-state index in [2.05, 4.69) is 15.0 Å². The Morgan fingerprint density at radius 3 is 2.59 bits per heavy atom. The van der Waals surface area contributed by atoms with Crippen molar-refractivity contribution in [1.82, 2.24) is 0 Å². The molecular formula is C10H9N3O4. The molecule has 0 aliphatic rings. The van der Waals surface area contributed by atoms with Gasteiger partial charge in [-0.05, 0) is 24.6 Å². The lowest BCUT2D eigenvalue weighted by atomic mass is 10.2. The molecule has 7 heteroatoms. The van der Waals surface area contributed by atoms with Gasteiger partial charge in [-0.3, -0.25) is 0 Å². The van der Waals surface area contributed by atoms with E-state index in [1.54, 1.807) is 30.3 Å². The number of rotatable bonds is 4. The maximum absolute atomic E-state index is 11.5. The summed E-state index contributed by atoms with van der Waals surface area (Å²) in [5.74, 6) is -1.59. The molecule has 1 aromatic rings. The van der Waals surface area contributed by atoms with Crippen LogP contribution >= 0.6 is 0 Å². The van der Waals surface area contributed by atoms with Crippen molar-refractivity contribution in [3.05, 3.63) is 46.3 Å². The van der Waals surface area contributed by atoms with Crippen LogP contribution in [-0.4, -0.2) is 18.0 Å². The van der Waals surface area contributed by atoms with Crippen LogP contribution in [0.5, 0.6) is 0 Å². The fourth-order valence-electron chi connectivity index (χ4n) is 0.984. The summed E-state index contributed by atoms with van der Waals surface area (Å²) in [5, 5.41) is 2.61. The summed E-state index contributed by atoms with van der Waals surface area (Å²) in [6.07, 6.45) is -1.15. The zero-order valence-electron chi connectivity index (χ0n) is 8.94. The molecule has 0 radical (unpaired) electrons. The molecule has 88 valence electrons. The highest BCUT2D eigenvalue weighted by Crippen LogP contribution is 2.04. The number of esters is 1. The van der Waals surface area contributed by atoms with Crippen LogP contribution in [0.2, 0.25) is 0 Å². The van der Waals surface area contributed by atoms with E-state index in [9.17, 15) is 9.59 Å². The molecule has 0 fully saturated rings. The summed E-state index contributed by atoms with van der Waals surface area (Å²) in [5.41, 5.74) is 8.25. The van der Waals surface area contributed by atoms with Gasteiger partial charge in [0, 0.05) is 4.91 Å². The van der Waals surface area contributed by atoms with Crippen LogP contribution in [0.4, 0.5) is 0 Å². The molecule has 0 bridgehead atoms. The van der Waals surface area contributed by atoms with Gasteiger partial charge in [0.25, 0.3) is 0 Å². The van der Waals surface area contributed by atoms with Gasteiger partial charge in [0.1, 0.15) is 5.28 Å². The van der Waals surface area contributed by atoms with Gasteiger partial charge < -0.3 is 9.57 Å². The van der Waals surface area contributed by atoms with E-state index in [4.69, 9.17) is 10.3 Å². The monoisotopic (exact) mass is 235 g/mol. The zero-order valence-corrected chi connectivity index (χ0v) is 8.94. The molecule has 7 nitrogen and oxygen atoms in total. The summed E-state index contributed by atoms with van der Waals surface area (Å²) in [6, 6.07) is 8.18. The molecule has 1 aromatic carbocycles. The minimum atomic E-state index is -1.15. The number of nitrogens with zero attached hydrogens (tertiary/aromatic N) is 3. The molecule has 0 aliphatic heterocycles. The molecular weight excluding hydrogens is 226 g/mol. The van der Waals surface area contributed by atoms with Crippen molar-refractivity contribution in [3.63, 3.8) is 0 Å². The molecule has 0 N–H and O–H groups in total. The van der Waals surface area contributed by atoms with Crippen molar-refractivity contribution in [2.45, 2.75) is 13.0 Å². The van der Waals surface area contributed by atoms with E-state index in [0.717, 1.165) is 0 Å². The second-order valence-corrected chi connectivity index (χ2v) is 2.99. The van der Waals surface area contributed by atoms with Crippen LogP contribution in [0.15, 0.2) is 35.6 Å². The maximum Gasteiger partial charge on any atom is 0.358 e. The van der Waals surface area contributed by atoms with Crippen molar-refractivity contribution < 1.29 is 19.2 Å². The Balaban J connectivity index is 2.57. The Hall–Kier alpha value is -2.53. The largest absolute Gasteiger partial charge is 0.447 e. The van der Waals surface area contributed by atoms with Gasteiger partial charge >= 0.3 is 11.9 Å². The van der Waals surface area contributed by atoms with Crippen molar-refractivity contribution in [2.24, 2.45) is 5.28 Å². The third-order valence-corrected chi connectivity index (χ3v) is 1.79. The summed E-state index contributed by atoms with van der Waals surface area (Å²) >= 11 is 0. The predicted octanol–water partition coefficient (Wildman–Crippen LogP) is 2.00. The Kier molecular flexibility index (Phi) is 4.53. The molecule has 0 aromatic heterocycles. The van der Waals surface area contributed by atoms with E-state index >= 15 is 0 Å². The van der Waals surface area contributed by atoms with E-state index in [-0.39, 0.29) is 0 Å². The standard InChI is InChI=1S/C10H9N3O4/c1-7(9(14)17-13-12-11)16-10(15)8-5-3-2-4-6-8/h2-7H,1H3/t7-/m0/s1. The van der Waals surface area contributed by atoms with Crippen LogP contribution in [0.25, 0.3) is 10.4 Å². The number of hydrogen-bond acceptors (Lipinski definition) is 5. The number of carbonyl (C=O) groups excluding carboxylic acids is 2. The van der Waals surface area contributed by atoms with Gasteiger partial charge in [0.15, 0.2) is 6.10 Å². The number of hydrogen-bond donors (Lipinski definition) is 0. The molecule has 0 unspecified atom stereocenters. The molecule has 0 amide bonds. The fourth-order valence-corrected chi connectivity index (χ4v) is 0.984. The van der Waals surface area contributed by atoms with Gasteiger partial charge in [0.05, 0.1) is 5.56 Å². The molecule has 1 rings (SSSR count). The molecule has 1 atom stereocenters. The highest BCUT2D eigenvalue weighted by atomic mass is 16.7. The quantitative estimate of drug-likeness (QED) is 0.262. The Morgan fingerprint density at radius 1 is 1.35 bits per heavy atom. The average Bonchev–Trinajstić information content (AvgIpc) is 2.36. The van der Waals surface area contributed by atoms with Crippen molar-refractivity contribution in [3.8, 4) is 0 Å². The molecule has 0 aliphatic carbocycles. The first-order valence-electron chi connectivity index (χ1n) is 4.66. The van der Waals surface area contributed by atoms with Gasteiger partial charge in [-0.15, -0.1) is 0 Å². The van der Waals surface area contributed by atoms with Crippen LogP contribution in [-0.2, 0) is 14.4 Å². The second kappa shape index (κ2) is 6.14. The lowest BCUT2D eigenvalue weighted by Crippen LogP contribution is -2.24.